The Bertz CT molecular complexity index is 970. The molecule has 1 aliphatic heterocycles. The molecule has 1 aromatic carbocycles. The number of amides is 2. The molecule has 0 spiro atoms. The molecule has 31 heavy (non-hydrogen) atoms. The lowest BCUT2D eigenvalue weighted by molar-refractivity contribution is -0.129. The average Bonchev–Trinajstić information content (AvgIpc) is 3.17. The zero-order valence-corrected chi connectivity index (χ0v) is 19.7. The van der Waals surface area contributed by atoms with Crippen molar-refractivity contribution in [3.63, 3.8) is 0 Å². The number of thiazole rings is 1. The predicted molar refractivity (Wildman–Crippen MR) is 126 cm³/mol. The van der Waals surface area contributed by atoms with Crippen LogP contribution in [0.5, 0.6) is 0 Å². The van der Waals surface area contributed by atoms with Crippen LogP contribution in [0.25, 0.3) is 0 Å². The van der Waals surface area contributed by atoms with Crippen LogP contribution >= 0.6 is 11.3 Å². The first-order valence-electron chi connectivity index (χ1n) is 11.1. The fourth-order valence-electron chi connectivity index (χ4n) is 4.24. The molecule has 2 amide bonds. The second-order valence-corrected chi connectivity index (χ2v) is 10.7. The van der Waals surface area contributed by atoms with Crippen molar-refractivity contribution >= 4 is 34.0 Å². The number of anilines is 2. The van der Waals surface area contributed by atoms with Gasteiger partial charge in [0.15, 0.2) is 5.13 Å². The van der Waals surface area contributed by atoms with Crippen LogP contribution in [0.4, 0.5) is 10.8 Å². The van der Waals surface area contributed by atoms with Gasteiger partial charge >= 0.3 is 0 Å². The van der Waals surface area contributed by atoms with Crippen LogP contribution in [0.3, 0.4) is 0 Å². The molecule has 6 nitrogen and oxygen atoms in total. The number of nitrogens with one attached hydrogen (secondary N) is 1. The van der Waals surface area contributed by atoms with E-state index in [0.717, 1.165) is 62.0 Å². The normalized spacial score (nSPS) is 19.2. The monoisotopic (exact) mass is 440 g/mol. The lowest BCUT2D eigenvalue weighted by Crippen LogP contribution is -2.48. The van der Waals surface area contributed by atoms with Crippen molar-refractivity contribution in [2.45, 2.75) is 52.4 Å². The summed E-state index contributed by atoms with van der Waals surface area (Å²) in [6.07, 6.45) is 2.43. The number of carbonyl (C=O) groups excluding carboxylic acids is 2. The minimum Gasteiger partial charge on any atom is -0.345 e. The highest BCUT2D eigenvalue weighted by Crippen LogP contribution is 2.35. The maximum absolute atomic E-state index is 13.0. The van der Waals surface area contributed by atoms with Crippen LogP contribution in [0.1, 0.15) is 50.3 Å². The fourth-order valence-corrected chi connectivity index (χ4v) is 5.48. The molecule has 7 heteroatoms. The molecular formula is C24H32N4O2S. The number of aryl methyl sites for hydroxylation is 1. The number of hydrogen-bond acceptors (Lipinski definition) is 5. The molecule has 0 bridgehead atoms. The number of piperazine rings is 1. The van der Waals surface area contributed by atoms with Crippen molar-refractivity contribution in [3.8, 4) is 0 Å². The summed E-state index contributed by atoms with van der Waals surface area (Å²) in [5.41, 5.74) is 3.28. The second-order valence-electron chi connectivity index (χ2n) is 9.62. The SMILES string of the molecule is CC(=O)N1CCN(c2nc3c(s2)C[C@@H](C(=O)Nc2cccc(C(C)(C)C)c2)CC3)CC1. The van der Waals surface area contributed by atoms with E-state index >= 15 is 0 Å². The minimum absolute atomic E-state index is 0.0198. The molecule has 0 radical (unpaired) electrons. The fraction of sp³-hybridized carbons (Fsp3) is 0.542. The van der Waals surface area contributed by atoms with Crippen LogP contribution in [-0.2, 0) is 27.8 Å². The van der Waals surface area contributed by atoms with E-state index in [4.69, 9.17) is 4.98 Å². The van der Waals surface area contributed by atoms with Gasteiger partial charge in [0.1, 0.15) is 0 Å². The smallest absolute Gasteiger partial charge is 0.227 e. The summed E-state index contributed by atoms with van der Waals surface area (Å²) >= 11 is 1.72. The highest BCUT2D eigenvalue weighted by molar-refractivity contribution is 7.15. The summed E-state index contributed by atoms with van der Waals surface area (Å²) in [6.45, 7) is 11.3. The van der Waals surface area contributed by atoms with E-state index in [1.165, 1.54) is 10.4 Å². The first kappa shape index (κ1) is 21.8. The maximum Gasteiger partial charge on any atom is 0.227 e. The first-order chi connectivity index (χ1) is 14.7. The van der Waals surface area contributed by atoms with Gasteiger partial charge in [-0.3, -0.25) is 9.59 Å². The highest BCUT2D eigenvalue weighted by Gasteiger charge is 2.29. The molecule has 0 unspecified atom stereocenters. The Morgan fingerprint density at radius 2 is 1.90 bits per heavy atom. The van der Waals surface area contributed by atoms with Crippen molar-refractivity contribution in [1.82, 2.24) is 9.88 Å². The number of nitrogens with zero attached hydrogens (tertiary/aromatic N) is 3. The molecular weight excluding hydrogens is 408 g/mol. The number of carbonyl (C=O) groups is 2. The Morgan fingerprint density at radius 1 is 1.16 bits per heavy atom. The van der Waals surface area contributed by atoms with Gasteiger partial charge in [0, 0.05) is 49.6 Å². The third-order valence-corrected chi connectivity index (χ3v) is 7.47. The van der Waals surface area contributed by atoms with Gasteiger partial charge in [-0.15, -0.1) is 11.3 Å². The number of fused-ring (bicyclic) bond motifs is 1. The molecule has 1 atom stereocenters. The summed E-state index contributed by atoms with van der Waals surface area (Å²) in [5, 5.41) is 4.17. The van der Waals surface area contributed by atoms with Gasteiger partial charge in [-0.05, 0) is 42.4 Å². The van der Waals surface area contributed by atoms with Gasteiger partial charge in [-0.25, -0.2) is 4.98 Å². The minimum atomic E-state index is -0.0198. The van der Waals surface area contributed by atoms with Crippen LogP contribution in [-0.4, -0.2) is 47.9 Å². The van der Waals surface area contributed by atoms with Gasteiger partial charge in [-0.2, -0.15) is 0 Å². The van der Waals surface area contributed by atoms with Gasteiger partial charge in [0.25, 0.3) is 0 Å². The van der Waals surface area contributed by atoms with E-state index in [9.17, 15) is 9.59 Å². The van der Waals surface area contributed by atoms with E-state index in [0.29, 0.717) is 0 Å². The molecule has 4 rings (SSSR count). The Hall–Kier alpha value is -2.41. The van der Waals surface area contributed by atoms with Gasteiger partial charge < -0.3 is 15.1 Å². The van der Waals surface area contributed by atoms with Crippen LogP contribution in [0, 0.1) is 5.92 Å². The van der Waals surface area contributed by atoms with E-state index in [1.54, 1.807) is 18.3 Å². The molecule has 1 fully saturated rings. The van der Waals surface area contributed by atoms with E-state index in [2.05, 4.69) is 43.1 Å². The lowest BCUT2D eigenvalue weighted by Gasteiger charge is -2.33. The summed E-state index contributed by atoms with van der Waals surface area (Å²) in [5.74, 6) is 0.218. The van der Waals surface area contributed by atoms with E-state index in [-0.39, 0.29) is 23.1 Å². The molecule has 166 valence electrons. The van der Waals surface area contributed by atoms with Crippen LogP contribution in [0.15, 0.2) is 24.3 Å². The quantitative estimate of drug-likeness (QED) is 0.787. The van der Waals surface area contributed by atoms with Crippen molar-refractivity contribution in [2.75, 3.05) is 36.4 Å². The Kier molecular flexibility index (Phi) is 6.06. The van der Waals surface area contributed by atoms with Gasteiger partial charge in [0.2, 0.25) is 11.8 Å². The molecule has 2 aromatic rings. The zero-order valence-electron chi connectivity index (χ0n) is 18.9. The van der Waals surface area contributed by atoms with Crippen LogP contribution in [0.2, 0.25) is 0 Å². The summed E-state index contributed by atoms with van der Waals surface area (Å²) < 4.78 is 0. The van der Waals surface area contributed by atoms with Crippen molar-refractivity contribution in [3.05, 3.63) is 40.4 Å². The summed E-state index contributed by atoms with van der Waals surface area (Å²) in [7, 11) is 0. The van der Waals surface area contributed by atoms with E-state index in [1.807, 2.05) is 17.0 Å². The van der Waals surface area contributed by atoms with Crippen molar-refractivity contribution in [2.24, 2.45) is 5.92 Å². The third kappa shape index (κ3) is 4.92. The molecule has 2 heterocycles. The Labute approximate surface area is 188 Å². The predicted octanol–water partition coefficient (Wildman–Crippen LogP) is 3.85. The van der Waals surface area contributed by atoms with Crippen molar-refractivity contribution < 1.29 is 9.59 Å². The third-order valence-electron chi connectivity index (χ3n) is 6.29. The Balaban J connectivity index is 1.39. The molecule has 1 N–H and O–H groups in total. The zero-order chi connectivity index (χ0) is 22.2. The topological polar surface area (TPSA) is 65.5 Å². The summed E-state index contributed by atoms with van der Waals surface area (Å²) in [6, 6.07) is 8.17. The number of rotatable bonds is 3. The lowest BCUT2D eigenvalue weighted by atomic mass is 9.87. The second kappa shape index (κ2) is 8.61. The molecule has 2 aliphatic rings. The molecule has 0 saturated carbocycles. The average molecular weight is 441 g/mol. The van der Waals surface area contributed by atoms with Gasteiger partial charge in [-0.1, -0.05) is 32.9 Å². The van der Waals surface area contributed by atoms with E-state index < -0.39 is 0 Å². The first-order valence-corrected chi connectivity index (χ1v) is 11.9. The Morgan fingerprint density at radius 3 is 2.58 bits per heavy atom. The molecule has 1 aliphatic carbocycles. The standard InChI is InChI=1S/C24H32N4O2S/c1-16(29)27-10-12-28(13-11-27)23-26-20-9-8-17(14-21(20)31-23)22(30)25-19-7-5-6-18(15-19)24(2,3)4/h5-7,15,17H,8-14H2,1-4H3,(H,25,30)/t17-/m0/s1. The summed E-state index contributed by atoms with van der Waals surface area (Å²) in [4.78, 5) is 34.8. The van der Waals surface area contributed by atoms with Gasteiger partial charge in [0.05, 0.1) is 5.69 Å². The molecule has 1 aromatic heterocycles. The number of aromatic nitrogens is 1. The highest BCUT2D eigenvalue weighted by atomic mass is 32.1. The number of hydrogen-bond donors (Lipinski definition) is 1. The van der Waals surface area contributed by atoms with Crippen LogP contribution < -0.4 is 10.2 Å². The number of benzene rings is 1. The largest absolute Gasteiger partial charge is 0.345 e. The van der Waals surface area contributed by atoms with Crippen molar-refractivity contribution in [1.29, 1.82) is 0 Å². The molecule has 1 saturated heterocycles. The maximum atomic E-state index is 13.0.